The molecule has 6 nitrogen and oxygen atoms in total. The highest BCUT2D eigenvalue weighted by atomic mass is 19.4. The number of rotatable bonds is 5. The molecule has 1 unspecified atom stereocenters. The van der Waals surface area contributed by atoms with E-state index in [0.29, 0.717) is 4.90 Å². The average Bonchev–Trinajstić information content (AvgIpc) is 2.84. The normalized spacial score (nSPS) is 18.0. The maximum Gasteiger partial charge on any atom is 0.406 e. The number of pyridine rings is 1. The molecule has 24 heavy (non-hydrogen) atoms. The Morgan fingerprint density at radius 3 is 2.79 bits per heavy atom. The molecule has 1 saturated heterocycles. The molecule has 1 atom stereocenters. The number of carbonyl (C=O) groups is 2. The van der Waals surface area contributed by atoms with Crippen LogP contribution >= 0.6 is 0 Å². The van der Waals surface area contributed by atoms with Crippen LogP contribution in [-0.4, -0.2) is 55.1 Å². The predicted molar refractivity (Wildman–Crippen MR) is 81.2 cm³/mol. The van der Waals surface area contributed by atoms with Crippen LogP contribution in [0.4, 0.5) is 19.0 Å². The zero-order valence-electron chi connectivity index (χ0n) is 13.4. The third-order valence-corrected chi connectivity index (χ3v) is 3.69. The fraction of sp³-hybridized carbons (Fsp3) is 0.533. The fourth-order valence-corrected chi connectivity index (χ4v) is 2.47. The van der Waals surface area contributed by atoms with Crippen molar-refractivity contribution in [1.29, 1.82) is 0 Å². The summed E-state index contributed by atoms with van der Waals surface area (Å²) in [6.07, 6.45) is -3.04. The number of hydrogen-bond acceptors (Lipinski definition) is 4. The van der Waals surface area contributed by atoms with Gasteiger partial charge in [0.2, 0.25) is 11.8 Å². The zero-order chi connectivity index (χ0) is 17.9. The molecule has 1 fully saturated rings. The molecule has 1 aromatic heterocycles. The van der Waals surface area contributed by atoms with Crippen LogP contribution in [0.15, 0.2) is 18.3 Å². The van der Waals surface area contributed by atoms with Gasteiger partial charge in [0.15, 0.2) is 0 Å². The first-order valence-electron chi connectivity index (χ1n) is 7.40. The molecule has 0 spiro atoms. The molecule has 2 heterocycles. The van der Waals surface area contributed by atoms with Crippen molar-refractivity contribution in [2.24, 2.45) is 5.92 Å². The molecule has 2 amide bonds. The van der Waals surface area contributed by atoms with E-state index in [1.807, 2.05) is 19.0 Å². The Morgan fingerprint density at radius 1 is 1.46 bits per heavy atom. The highest BCUT2D eigenvalue weighted by Crippen LogP contribution is 2.24. The number of aromatic nitrogens is 1. The van der Waals surface area contributed by atoms with Crippen molar-refractivity contribution < 1.29 is 22.8 Å². The number of amides is 2. The molecule has 0 aromatic carbocycles. The van der Waals surface area contributed by atoms with Crippen LogP contribution in [0.5, 0.6) is 0 Å². The summed E-state index contributed by atoms with van der Waals surface area (Å²) in [5.41, 5.74) is 0.818. The van der Waals surface area contributed by atoms with Gasteiger partial charge in [-0.1, -0.05) is 0 Å². The Kier molecular flexibility index (Phi) is 5.30. The van der Waals surface area contributed by atoms with Gasteiger partial charge in [-0.05, 0) is 17.7 Å². The van der Waals surface area contributed by atoms with E-state index in [9.17, 15) is 22.8 Å². The lowest BCUT2D eigenvalue weighted by Crippen LogP contribution is -2.37. The first-order chi connectivity index (χ1) is 11.2. The van der Waals surface area contributed by atoms with E-state index in [0.717, 1.165) is 11.4 Å². The van der Waals surface area contributed by atoms with Gasteiger partial charge in [0, 0.05) is 39.8 Å². The summed E-state index contributed by atoms with van der Waals surface area (Å²) in [5, 5.41) is 2.67. The SMILES string of the molecule is CN(C)c1cc(CNC(=O)C2CC(=O)N(CC(F)(F)F)C2)ccn1. The van der Waals surface area contributed by atoms with Crippen LogP contribution < -0.4 is 10.2 Å². The Morgan fingerprint density at radius 2 is 2.17 bits per heavy atom. The van der Waals surface area contributed by atoms with E-state index in [1.54, 1.807) is 18.3 Å². The van der Waals surface area contributed by atoms with Gasteiger partial charge in [0.25, 0.3) is 0 Å². The molecule has 0 radical (unpaired) electrons. The van der Waals surface area contributed by atoms with E-state index in [4.69, 9.17) is 0 Å². The summed E-state index contributed by atoms with van der Waals surface area (Å²) in [6.45, 7) is -1.29. The largest absolute Gasteiger partial charge is 0.406 e. The molecule has 1 aromatic rings. The molecular weight excluding hydrogens is 325 g/mol. The second-order valence-corrected chi connectivity index (χ2v) is 5.93. The molecule has 2 rings (SSSR count). The van der Waals surface area contributed by atoms with Crippen LogP contribution in [0.25, 0.3) is 0 Å². The summed E-state index contributed by atoms with van der Waals surface area (Å²) >= 11 is 0. The van der Waals surface area contributed by atoms with E-state index in [1.165, 1.54) is 0 Å². The molecule has 1 aliphatic heterocycles. The molecule has 0 aliphatic carbocycles. The number of alkyl halides is 3. The van der Waals surface area contributed by atoms with Gasteiger partial charge in [-0.15, -0.1) is 0 Å². The minimum Gasteiger partial charge on any atom is -0.363 e. The summed E-state index contributed by atoms with van der Waals surface area (Å²) in [4.78, 5) is 30.3. The number of nitrogens with one attached hydrogen (secondary N) is 1. The molecule has 0 saturated carbocycles. The topological polar surface area (TPSA) is 65.5 Å². The summed E-state index contributed by atoms with van der Waals surface area (Å²) in [5.74, 6) is -1.09. The quantitative estimate of drug-likeness (QED) is 0.871. The van der Waals surface area contributed by atoms with Crippen molar-refractivity contribution in [3.63, 3.8) is 0 Å². The first-order valence-corrected chi connectivity index (χ1v) is 7.40. The van der Waals surface area contributed by atoms with Gasteiger partial charge in [-0.3, -0.25) is 9.59 Å². The van der Waals surface area contributed by atoms with Crippen molar-refractivity contribution in [3.05, 3.63) is 23.9 Å². The Bertz CT molecular complexity index is 619. The monoisotopic (exact) mass is 344 g/mol. The molecule has 1 N–H and O–H groups in total. The van der Waals surface area contributed by atoms with Crippen LogP contribution in [-0.2, 0) is 16.1 Å². The molecule has 9 heteroatoms. The number of carbonyl (C=O) groups excluding carboxylic acids is 2. The first kappa shape index (κ1) is 18.0. The predicted octanol–water partition coefficient (Wildman–Crippen LogP) is 1.17. The van der Waals surface area contributed by atoms with Gasteiger partial charge in [-0.25, -0.2) is 4.98 Å². The van der Waals surface area contributed by atoms with Crippen LogP contribution in [0.3, 0.4) is 0 Å². The van der Waals surface area contributed by atoms with Crippen LogP contribution in [0, 0.1) is 5.92 Å². The maximum absolute atomic E-state index is 12.4. The summed E-state index contributed by atoms with van der Waals surface area (Å²) < 4.78 is 37.1. The number of likely N-dealkylation sites (tertiary alicyclic amines) is 1. The second kappa shape index (κ2) is 7.06. The second-order valence-electron chi connectivity index (χ2n) is 5.93. The zero-order valence-corrected chi connectivity index (χ0v) is 13.4. The lowest BCUT2D eigenvalue weighted by atomic mass is 10.1. The number of anilines is 1. The van der Waals surface area contributed by atoms with Gasteiger partial charge in [0.05, 0.1) is 5.92 Å². The molecule has 132 valence electrons. The van der Waals surface area contributed by atoms with E-state index < -0.39 is 30.5 Å². The van der Waals surface area contributed by atoms with E-state index in [-0.39, 0.29) is 19.5 Å². The highest BCUT2D eigenvalue weighted by Gasteiger charge is 2.40. The average molecular weight is 344 g/mol. The highest BCUT2D eigenvalue weighted by molar-refractivity contribution is 5.89. The number of hydrogen-bond donors (Lipinski definition) is 1. The van der Waals surface area contributed by atoms with Crippen molar-refractivity contribution in [3.8, 4) is 0 Å². The smallest absolute Gasteiger partial charge is 0.363 e. The fourth-order valence-electron chi connectivity index (χ4n) is 2.47. The summed E-state index contributed by atoms with van der Waals surface area (Å²) in [6, 6.07) is 3.54. The Labute approximate surface area is 137 Å². The lowest BCUT2D eigenvalue weighted by Gasteiger charge is -2.18. The minimum absolute atomic E-state index is 0.193. The van der Waals surface area contributed by atoms with Crippen molar-refractivity contribution in [1.82, 2.24) is 15.2 Å². The number of halogens is 3. The maximum atomic E-state index is 12.4. The third-order valence-electron chi connectivity index (χ3n) is 3.69. The van der Waals surface area contributed by atoms with Crippen molar-refractivity contribution >= 4 is 17.6 Å². The van der Waals surface area contributed by atoms with Crippen molar-refractivity contribution in [2.45, 2.75) is 19.1 Å². The Balaban J connectivity index is 1.89. The summed E-state index contributed by atoms with van der Waals surface area (Å²) in [7, 11) is 3.67. The van der Waals surface area contributed by atoms with Gasteiger partial charge < -0.3 is 15.1 Å². The third kappa shape index (κ3) is 4.84. The minimum atomic E-state index is -4.46. The van der Waals surface area contributed by atoms with E-state index >= 15 is 0 Å². The number of nitrogens with zero attached hydrogens (tertiary/aromatic N) is 3. The lowest BCUT2D eigenvalue weighted by molar-refractivity contribution is -0.157. The van der Waals surface area contributed by atoms with Crippen molar-refractivity contribution in [2.75, 3.05) is 32.1 Å². The van der Waals surface area contributed by atoms with Gasteiger partial charge >= 0.3 is 6.18 Å². The van der Waals surface area contributed by atoms with Gasteiger partial charge in [0.1, 0.15) is 12.4 Å². The van der Waals surface area contributed by atoms with Gasteiger partial charge in [-0.2, -0.15) is 13.2 Å². The standard InChI is InChI=1S/C15H19F3N4O2/c1-21(2)12-5-10(3-4-19-12)7-20-14(24)11-6-13(23)22(8-11)9-15(16,17)18/h3-5,11H,6-9H2,1-2H3,(H,20,24). The van der Waals surface area contributed by atoms with Crippen LogP contribution in [0.1, 0.15) is 12.0 Å². The van der Waals surface area contributed by atoms with E-state index in [2.05, 4.69) is 10.3 Å². The Hall–Kier alpha value is -2.32. The van der Waals surface area contributed by atoms with Crippen LogP contribution in [0.2, 0.25) is 0 Å². The molecule has 1 aliphatic rings. The molecular formula is C15H19F3N4O2. The molecule has 0 bridgehead atoms.